The number of nitrogens with zero attached hydrogens (tertiary/aromatic N) is 1. The number of hydrogen-bond donors (Lipinski definition) is 2. The third-order valence-corrected chi connectivity index (χ3v) is 2.42. The van der Waals surface area contributed by atoms with E-state index in [4.69, 9.17) is 4.74 Å². The van der Waals surface area contributed by atoms with Crippen LogP contribution in [-0.4, -0.2) is 41.2 Å². The van der Waals surface area contributed by atoms with Crippen LogP contribution in [0, 0.1) is 0 Å². The quantitative estimate of drug-likeness (QED) is 0.864. The molecule has 0 aliphatic heterocycles. The standard InChI is InChI=1S/C14H19F3N2O4/c1-13(2,3)23-12(21)19-10(7-20)9-4-5-11(18-6-9)22-8-14(15,16)17/h4-6,10,20H,7-8H2,1-3H3,(H,19,21). The largest absolute Gasteiger partial charge is 0.468 e. The molecule has 9 heteroatoms. The van der Waals surface area contributed by atoms with Gasteiger partial charge in [0.25, 0.3) is 0 Å². The van der Waals surface area contributed by atoms with Gasteiger partial charge in [-0.1, -0.05) is 0 Å². The molecule has 0 saturated carbocycles. The van der Waals surface area contributed by atoms with Crippen molar-refractivity contribution in [3.8, 4) is 5.88 Å². The normalized spacial score (nSPS) is 13.3. The Labute approximate surface area is 131 Å². The predicted octanol–water partition coefficient (Wildman–Crippen LogP) is 2.58. The second kappa shape index (κ2) is 7.49. The summed E-state index contributed by atoms with van der Waals surface area (Å²) in [5, 5.41) is 11.8. The number of pyridine rings is 1. The van der Waals surface area contributed by atoms with E-state index in [1.54, 1.807) is 20.8 Å². The highest BCUT2D eigenvalue weighted by Gasteiger charge is 2.28. The van der Waals surface area contributed by atoms with Crippen molar-refractivity contribution in [1.29, 1.82) is 0 Å². The van der Waals surface area contributed by atoms with Crippen LogP contribution in [0.3, 0.4) is 0 Å². The first-order valence-corrected chi connectivity index (χ1v) is 6.76. The van der Waals surface area contributed by atoms with Gasteiger partial charge in [0, 0.05) is 12.3 Å². The van der Waals surface area contributed by atoms with Gasteiger partial charge in [0.05, 0.1) is 12.6 Å². The summed E-state index contributed by atoms with van der Waals surface area (Å²) in [6, 6.07) is 1.83. The first kappa shape index (κ1) is 19.0. The number of nitrogens with one attached hydrogen (secondary N) is 1. The molecule has 1 amide bonds. The number of halogens is 3. The molecular formula is C14H19F3N2O4. The second-order valence-electron chi connectivity index (χ2n) is 5.72. The number of aliphatic hydroxyl groups is 1. The lowest BCUT2D eigenvalue weighted by atomic mass is 10.1. The number of hydrogen-bond acceptors (Lipinski definition) is 5. The number of aromatic nitrogens is 1. The van der Waals surface area contributed by atoms with Crippen molar-refractivity contribution in [2.45, 2.75) is 38.6 Å². The fraction of sp³-hybridized carbons (Fsp3) is 0.571. The predicted molar refractivity (Wildman–Crippen MR) is 75.0 cm³/mol. The van der Waals surface area contributed by atoms with Gasteiger partial charge >= 0.3 is 12.3 Å². The minimum absolute atomic E-state index is 0.208. The van der Waals surface area contributed by atoms with Gasteiger partial charge in [0.15, 0.2) is 6.61 Å². The highest BCUT2D eigenvalue weighted by atomic mass is 19.4. The molecule has 0 fully saturated rings. The molecule has 1 aromatic rings. The van der Waals surface area contributed by atoms with Gasteiger partial charge in [-0.25, -0.2) is 9.78 Å². The van der Waals surface area contributed by atoms with E-state index in [-0.39, 0.29) is 5.88 Å². The summed E-state index contributed by atoms with van der Waals surface area (Å²) in [5.41, 5.74) is -0.296. The molecule has 23 heavy (non-hydrogen) atoms. The third kappa shape index (κ3) is 7.68. The number of alkyl carbamates (subject to hydrolysis) is 1. The molecule has 0 aromatic carbocycles. The summed E-state index contributed by atoms with van der Waals surface area (Å²) < 4.78 is 45.6. The van der Waals surface area contributed by atoms with Crippen LogP contribution in [0.15, 0.2) is 18.3 Å². The summed E-state index contributed by atoms with van der Waals surface area (Å²) in [7, 11) is 0. The van der Waals surface area contributed by atoms with Gasteiger partial charge in [0.1, 0.15) is 5.60 Å². The summed E-state index contributed by atoms with van der Waals surface area (Å²) in [4.78, 5) is 15.4. The number of carbonyl (C=O) groups excluding carboxylic acids is 1. The number of aliphatic hydroxyl groups excluding tert-OH is 1. The maximum atomic E-state index is 12.0. The topological polar surface area (TPSA) is 80.7 Å². The molecule has 1 heterocycles. The molecule has 0 aliphatic rings. The second-order valence-corrected chi connectivity index (χ2v) is 5.72. The van der Waals surface area contributed by atoms with Gasteiger partial charge in [-0.15, -0.1) is 0 Å². The molecule has 1 unspecified atom stereocenters. The fourth-order valence-corrected chi connectivity index (χ4v) is 1.52. The molecule has 2 N–H and O–H groups in total. The summed E-state index contributed by atoms with van der Waals surface area (Å²) in [5.74, 6) is -0.208. The minimum Gasteiger partial charge on any atom is -0.468 e. The lowest BCUT2D eigenvalue weighted by Gasteiger charge is -2.22. The van der Waals surface area contributed by atoms with E-state index in [2.05, 4.69) is 15.0 Å². The summed E-state index contributed by atoms with van der Waals surface area (Å²) in [6.07, 6.45) is -3.97. The Kier molecular flexibility index (Phi) is 6.20. The van der Waals surface area contributed by atoms with Crippen LogP contribution in [0.4, 0.5) is 18.0 Å². The van der Waals surface area contributed by atoms with Gasteiger partial charge in [-0.05, 0) is 32.4 Å². The molecule has 0 aliphatic carbocycles. The molecule has 0 bridgehead atoms. The Morgan fingerprint density at radius 1 is 1.35 bits per heavy atom. The van der Waals surface area contributed by atoms with Crippen molar-refractivity contribution in [2.75, 3.05) is 13.2 Å². The van der Waals surface area contributed by atoms with Crippen molar-refractivity contribution < 1.29 is 32.5 Å². The van der Waals surface area contributed by atoms with Crippen molar-refractivity contribution in [1.82, 2.24) is 10.3 Å². The molecule has 0 spiro atoms. The highest BCUT2D eigenvalue weighted by molar-refractivity contribution is 5.68. The smallest absolute Gasteiger partial charge is 0.422 e. The van der Waals surface area contributed by atoms with E-state index in [0.717, 1.165) is 0 Å². The molecule has 0 radical (unpaired) electrons. The Bertz CT molecular complexity index is 512. The number of carbonyl (C=O) groups is 1. The van der Waals surface area contributed by atoms with Crippen LogP contribution >= 0.6 is 0 Å². The first-order valence-electron chi connectivity index (χ1n) is 6.76. The number of rotatable bonds is 5. The molecule has 1 atom stereocenters. The SMILES string of the molecule is CC(C)(C)OC(=O)NC(CO)c1ccc(OCC(F)(F)F)nc1. The molecule has 1 aromatic heterocycles. The lowest BCUT2D eigenvalue weighted by molar-refractivity contribution is -0.154. The van der Waals surface area contributed by atoms with Crippen LogP contribution in [0.5, 0.6) is 5.88 Å². The van der Waals surface area contributed by atoms with Crippen LogP contribution in [0.2, 0.25) is 0 Å². The van der Waals surface area contributed by atoms with Gasteiger partial charge < -0.3 is 19.9 Å². The van der Waals surface area contributed by atoms with E-state index in [1.165, 1.54) is 18.3 Å². The van der Waals surface area contributed by atoms with Crippen molar-refractivity contribution in [3.63, 3.8) is 0 Å². The van der Waals surface area contributed by atoms with E-state index in [1.807, 2.05) is 0 Å². The number of alkyl halides is 3. The maximum absolute atomic E-state index is 12.0. The van der Waals surface area contributed by atoms with E-state index in [0.29, 0.717) is 5.56 Å². The minimum atomic E-state index is -4.45. The molecular weight excluding hydrogens is 317 g/mol. The Morgan fingerprint density at radius 2 is 2.00 bits per heavy atom. The average molecular weight is 336 g/mol. The first-order chi connectivity index (χ1) is 10.5. The highest BCUT2D eigenvalue weighted by Crippen LogP contribution is 2.19. The third-order valence-electron chi connectivity index (χ3n) is 2.42. The molecule has 6 nitrogen and oxygen atoms in total. The molecule has 1 rings (SSSR count). The van der Waals surface area contributed by atoms with Crippen LogP contribution < -0.4 is 10.1 Å². The Hall–Kier alpha value is -2.03. The zero-order valence-corrected chi connectivity index (χ0v) is 13.0. The maximum Gasteiger partial charge on any atom is 0.422 e. The van der Waals surface area contributed by atoms with E-state index >= 15 is 0 Å². The summed E-state index contributed by atoms with van der Waals surface area (Å²) in [6.45, 7) is 3.20. The van der Waals surface area contributed by atoms with Gasteiger partial charge in [-0.3, -0.25) is 0 Å². The van der Waals surface area contributed by atoms with Gasteiger partial charge in [0.2, 0.25) is 5.88 Å². The Balaban J connectivity index is 2.66. The number of amides is 1. The number of ether oxygens (including phenoxy) is 2. The zero-order chi connectivity index (χ0) is 17.7. The van der Waals surface area contributed by atoms with E-state index < -0.39 is 37.1 Å². The van der Waals surface area contributed by atoms with Crippen LogP contribution in [-0.2, 0) is 4.74 Å². The Morgan fingerprint density at radius 3 is 2.43 bits per heavy atom. The average Bonchev–Trinajstić information content (AvgIpc) is 2.40. The fourth-order valence-electron chi connectivity index (χ4n) is 1.52. The van der Waals surface area contributed by atoms with Crippen molar-refractivity contribution in [2.24, 2.45) is 0 Å². The summed E-state index contributed by atoms with van der Waals surface area (Å²) >= 11 is 0. The monoisotopic (exact) mass is 336 g/mol. The van der Waals surface area contributed by atoms with Gasteiger partial charge in [-0.2, -0.15) is 13.2 Å². The van der Waals surface area contributed by atoms with Crippen molar-refractivity contribution in [3.05, 3.63) is 23.9 Å². The van der Waals surface area contributed by atoms with Crippen LogP contribution in [0.25, 0.3) is 0 Å². The van der Waals surface area contributed by atoms with E-state index in [9.17, 15) is 23.1 Å². The lowest BCUT2D eigenvalue weighted by Crippen LogP contribution is -2.36. The molecule has 130 valence electrons. The zero-order valence-electron chi connectivity index (χ0n) is 13.0. The van der Waals surface area contributed by atoms with Crippen molar-refractivity contribution >= 4 is 6.09 Å². The van der Waals surface area contributed by atoms with Crippen LogP contribution in [0.1, 0.15) is 32.4 Å². The molecule has 0 saturated heterocycles.